The van der Waals surface area contributed by atoms with Crippen LogP contribution in [0.1, 0.15) is 17.5 Å². The van der Waals surface area contributed by atoms with Gasteiger partial charge in [-0.05, 0) is 36.6 Å². The monoisotopic (exact) mass is 361 g/mol. The summed E-state index contributed by atoms with van der Waals surface area (Å²) >= 11 is 6.03. The standard InChI is InChI=1S/C19H20ClNO4/c1-12-8-15(20)11-16(18(12)25-2)21-17(22)10-14(19(23)24)9-13-6-4-3-5-7-13/h3-8,11,14H,9-10H2,1-2H3,(H,21,22)(H,23,24). The van der Waals surface area contributed by atoms with Crippen molar-refractivity contribution in [3.05, 3.63) is 58.6 Å². The summed E-state index contributed by atoms with van der Waals surface area (Å²) in [5, 5.41) is 12.6. The van der Waals surface area contributed by atoms with Crippen molar-refractivity contribution >= 4 is 29.2 Å². The van der Waals surface area contributed by atoms with E-state index in [9.17, 15) is 14.7 Å². The smallest absolute Gasteiger partial charge is 0.307 e. The average molecular weight is 362 g/mol. The molecule has 2 aromatic carbocycles. The van der Waals surface area contributed by atoms with E-state index in [4.69, 9.17) is 16.3 Å². The highest BCUT2D eigenvalue weighted by atomic mass is 35.5. The Labute approximate surface area is 151 Å². The third-order valence-corrected chi connectivity index (χ3v) is 4.04. The number of carboxylic acid groups (broad SMARTS) is 1. The number of methoxy groups -OCH3 is 1. The fourth-order valence-electron chi connectivity index (χ4n) is 2.66. The topological polar surface area (TPSA) is 75.6 Å². The van der Waals surface area contributed by atoms with Gasteiger partial charge >= 0.3 is 5.97 Å². The Morgan fingerprint density at radius 2 is 1.92 bits per heavy atom. The number of rotatable bonds is 7. The van der Waals surface area contributed by atoms with Crippen molar-refractivity contribution < 1.29 is 19.4 Å². The summed E-state index contributed by atoms with van der Waals surface area (Å²) in [5.41, 5.74) is 2.09. The van der Waals surface area contributed by atoms with Crippen molar-refractivity contribution in [2.45, 2.75) is 19.8 Å². The maximum absolute atomic E-state index is 12.3. The maximum Gasteiger partial charge on any atom is 0.307 e. The molecule has 0 heterocycles. The van der Waals surface area contributed by atoms with E-state index in [1.54, 1.807) is 12.1 Å². The van der Waals surface area contributed by atoms with Gasteiger partial charge in [-0.2, -0.15) is 0 Å². The Hall–Kier alpha value is -2.53. The lowest BCUT2D eigenvalue weighted by Gasteiger charge is -2.15. The number of amides is 1. The zero-order valence-electron chi connectivity index (χ0n) is 14.1. The Bertz CT molecular complexity index is 762. The third kappa shape index (κ3) is 5.22. The van der Waals surface area contributed by atoms with Crippen LogP contribution in [-0.2, 0) is 16.0 Å². The molecule has 2 rings (SSSR count). The molecule has 0 aliphatic carbocycles. The Morgan fingerprint density at radius 1 is 1.24 bits per heavy atom. The molecule has 2 N–H and O–H groups in total. The SMILES string of the molecule is COc1c(C)cc(Cl)cc1NC(=O)CC(Cc1ccccc1)C(=O)O. The molecule has 0 aliphatic rings. The molecule has 0 aromatic heterocycles. The number of aryl methyl sites for hydroxylation is 1. The van der Waals surface area contributed by atoms with Crippen LogP contribution in [0, 0.1) is 12.8 Å². The molecule has 0 saturated heterocycles. The summed E-state index contributed by atoms with van der Waals surface area (Å²) in [6.45, 7) is 1.82. The van der Waals surface area contributed by atoms with Gasteiger partial charge in [-0.1, -0.05) is 41.9 Å². The second-order valence-electron chi connectivity index (χ2n) is 5.78. The van der Waals surface area contributed by atoms with Gasteiger partial charge in [-0.3, -0.25) is 9.59 Å². The van der Waals surface area contributed by atoms with Crippen LogP contribution in [0.5, 0.6) is 5.75 Å². The predicted molar refractivity (Wildman–Crippen MR) is 97.3 cm³/mol. The van der Waals surface area contributed by atoms with E-state index in [-0.39, 0.29) is 12.8 Å². The lowest BCUT2D eigenvalue weighted by atomic mass is 9.96. The quantitative estimate of drug-likeness (QED) is 0.783. The molecule has 0 saturated carbocycles. The number of nitrogens with one attached hydrogen (secondary N) is 1. The van der Waals surface area contributed by atoms with Gasteiger partial charge in [0.25, 0.3) is 0 Å². The minimum Gasteiger partial charge on any atom is -0.494 e. The molecule has 1 amide bonds. The zero-order valence-corrected chi connectivity index (χ0v) is 14.8. The molecule has 1 unspecified atom stereocenters. The average Bonchev–Trinajstić information content (AvgIpc) is 2.54. The second kappa shape index (κ2) is 8.53. The molecule has 6 heteroatoms. The number of hydrogen-bond acceptors (Lipinski definition) is 3. The van der Waals surface area contributed by atoms with E-state index < -0.39 is 17.8 Å². The van der Waals surface area contributed by atoms with E-state index >= 15 is 0 Å². The summed E-state index contributed by atoms with van der Waals surface area (Å²) < 4.78 is 5.29. The van der Waals surface area contributed by atoms with E-state index in [0.29, 0.717) is 16.5 Å². The van der Waals surface area contributed by atoms with Crippen molar-refractivity contribution in [1.82, 2.24) is 0 Å². The maximum atomic E-state index is 12.3. The van der Waals surface area contributed by atoms with Crippen LogP contribution in [-0.4, -0.2) is 24.1 Å². The van der Waals surface area contributed by atoms with Gasteiger partial charge in [0.05, 0.1) is 18.7 Å². The molecule has 25 heavy (non-hydrogen) atoms. The first-order valence-electron chi connectivity index (χ1n) is 7.81. The number of anilines is 1. The van der Waals surface area contributed by atoms with Crippen LogP contribution in [0.15, 0.2) is 42.5 Å². The van der Waals surface area contributed by atoms with Crippen molar-refractivity contribution in [3.8, 4) is 5.75 Å². The minimum atomic E-state index is -1.01. The molecule has 0 fully saturated rings. The highest BCUT2D eigenvalue weighted by molar-refractivity contribution is 6.31. The van der Waals surface area contributed by atoms with Crippen LogP contribution in [0.2, 0.25) is 5.02 Å². The van der Waals surface area contributed by atoms with Gasteiger partial charge in [0, 0.05) is 11.4 Å². The third-order valence-electron chi connectivity index (χ3n) is 3.82. The van der Waals surface area contributed by atoms with E-state index in [1.165, 1.54) is 7.11 Å². The van der Waals surface area contributed by atoms with Crippen molar-refractivity contribution in [3.63, 3.8) is 0 Å². The number of ether oxygens (including phenoxy) is 1. The molecule has 132 valence electrons. The van der Waals surface area contributed by atoms with E-state index in [1.807, 2.05) is 37.3 Å². The van der Waals surface area contributed by atoms with Crippen LogP contribution >= 0.6 is 11.6 Å². The molecule has 0 bridgehead atoms. The first-order valence-corrected chi connectivity index (χ1v) is 8.19. The molecule has 0 radical (unpaired) electrons. The second-order valence-corrected chi connectivity index (χ2v) is 6.22. The lowest BCUT2D eigenvalue weighted by Crippen LogP contribution is -2.24. The first-order chi connectivity index (χ1) is 11.9. The Morgan fingerprint density at radius 3 is 2.52 bits per heavy atom. The number of hydrogen-bond donors (Lipinski definition) is 2. The van der Waals surface area contributed by atoms with Gasteiger partial charge < -0.3 is 15.2 Å². The van der Waals surface area contributed by atoms with Crippen molar-refractivity contribution in [1.29, 1.82) is 0 Å². The van der Waals surface area contributed by atoms with Crippen LogP contribution in [0.25, 0.3) is 0 Å². The number of carboxylic acids is 1. The highest BCUT2D eigenvalue weighted by Gasteiger charge is 2.22. The minimum absolute atomic E-state index is 0.140. The van der Waals surface area contributed by atoms with Gasteiger partial charge in [0.2, 0.25) is 5.91 Å². The van der Waals surface area contributed by atoms with Crippen LogP contribution in [0.3, 0.4) is 0 Å². The van der Waals surface area contributed by atoms with Gasteiger partial charge in [0.15, 0.2) is 0 Å². The number of carbonyl (C=O) groups excluding carboxylic acids is 1. The normalized spacial score (nSPS) is 11.6. The van der Waals surface area contributed by atoms with E-state index in [0.717, 1.165) is 11.1 Å². The van der Waals surface area contributed by atoms with E-state index in [2.05, 4.69) is 5.32 Å². The molecule has 1 atom stereocenters. The Balaban J connectivity index is 2.11. The van der Waals surface area contributed by atoms with Gasteiger partial charge in [-0.25, -0.2) is 0 Å². The summed E-state index contributed by atoms with van der Waals surface area (Å²) in [6, 6.07) is 12.5. The number of aliphatic carboxylic acids is 1. The Kier molecular flexibility index (Phi) is 6.42. The molecule has 2 aromatic rings. The van der Waals surface area contributed by atoms with Gasteiger partial charge in [0.1, 0.15) is 5.75 Å². The number of carbonyl (C=O) groups is 2. The molecular formula is C19H20ClNO4. The summed E-state index contributed by atoms with van der Waals surface area (Å²) in [7, 11) is 1.50. The van der Waals surface area contributed by atoms with Crippen LogP contribution < -0.4 is 10.1 Å². The zero-order chi connectivity index (χ0) is 18.4. The number of halogens is 1. The predicted octanol–water partition coefficient (Wildman–Crippen LogP) is 3.93. The van der Waals surface area contributed by atoms with Crippen LogP contribution in [0.4, 0.5) is 5.69 Å². The first kappa shape index (κ1) is 18.8. The lowest BCUT2D eigenvalue weighted by molar-refractivity contribution is -0.143. The summed E-state index contributed by atoms with van der Waals surface area (Å²) in [4.78, 5) is 23.8. The molecular weight excluding hydrogens is 342 g/mol. The fourth-order valence-corrected chi connectivity index (χ4v) is 2.94. The molecule has 0 aliphatic heterocycles. The van der Waals surface area contributed by atoms with Crippen molar-refractivity contribution in [2.75, 3.05) is 12.4 Å². The summed E-state index contributed by atoms with van der Waals surface area (Å²) in [5.74, 6) is -1.71. The van der Waals surface area contributed by atoms with Gasteiger partial charge in [-0.15, -0.1) is 0 Å². The molecule has 5 nitrogen and oxygen atoms in total. The highest BCUT2D eigenvalue weighted by Crippen LogP contribution is 2.32. The number of benzene rings is 2. The summed E-state index contributed by atoms with van der Waals surface area (Å²) in [6.07, 6.45) is 0.147. The fraction of sp³-hybridized carbons (Fsp3) is 0.263. The largest absolute Gasteiger partial charge is 0.494 e. The molecule has 0 spiro atoms. The van der Waals surface area contributed by atoms with Crippen molar-refractivity contribution in [2.24, 2.45) is 5.92 Å².